The van der Waals surface area contributed by atoms with Gasteiger partial charge in [0.05, 0.1) is 11.6 Å². The van der Waals surface area contributed by atoms with Crippen LogP contribution in [0, 0.1) is 23.6 Å². The van der Waals surface area contributed by atoms with E-state index in [2.05, 4.69) is 17.6 Å². The van der Waals surface area contributed by atoms with Crippen LogP contribution in [0.5, 0.6) is 5.75 Å². The minimum Gasteiger partial charge on any atom is -0.484 e. The van der Waals surface area contributed by atoms with E-state index < -0.39 is 5.82 Å². The predicted octanol–water partition coefficient (Wildman–Crippen LogP) is 2.68. The Labute approximate surface area is 174 Å². The Hall–Kier alpha value is -1.86. The van der Waals surface area contributed by atoms with Crippen LogP contribution in [0.25, 0.3) is 0 Å². The predicted molar refractivity (Wildman–Crippen MR) is 105 cm³/mol. The smallest absolute Gasteiger partial charge is 0.258 e. The van der Waals surface area contributed by atoms with E-state index in [1.54, 1.807) is 0 Å². The summed E-state index contributed by atoms with van der Waals surface area (Å²) >= 11 is 5.64. The lowest BCUT2D eigenvalue weighted by Gasteiger charge is -2.36. The molecular formula is C21H26ClFN2O4. The van der Waals surface area contributed by atoms with Gasteiger partial charge in [0, 0.05) is 18.2 Å². The monoisotopic (exact) mass is 424 g/mol. The fourth-order valence-corrected chi connectivity index (χ4v) is 4.83. The maximum Gasteiger partial charge on any atom is 0.258 e. The number of amides is 2. The number of rotatable bonds is 6. The van der Waals surface area contributed by atoms with Crippen molar-refractivity contribution in [2.75, 3.05) is 13.2 Å². The van der Waals surface area contributed by atoms with Gasteiger partial charge in [0.25, 0.3) is 5.91 Å². The van der Waals surface area contributed by atoms with E-state index in [0.717, 1.165) is 25.3 Å². The first-order chi connectivity index (χ1) is 13.9. The Morgan fingerprint density at radius 1 is 1.21 bits per heavy atom. The summed E-state index contributed by atoms with van der Waals surface area (Å²) in [6.45, 7) is 2.52. The second kappa shape index (κ2) is 8.48. The summed E-state index contributed by atoms with van der Waals surface area (Å²) in [5.41, 5.74) is 0. The quantitative estimate of drug-likeness (QED) is 0.736. The summed E-state index contributed by atoms with van der Waals surface area (Å²) in [5, 5.41) is 6.17. The van der Waals surface area contributed by atoms with Gasteiger partial charge >= 0.3 is 0 Å². The molecule has 2 N–H and O–H groups in total. The zero-order valence-electron chi connectivity index (χ0n) is 16.3. The number of benzene rings is 1. The Bertz CT molecular complexity index is 792. The second-order valence-corrected chi connectivity index (χ2v) is 8.86. The second-order valence-electron chi connectivity index (χ2n) is 8.46. The summed E-state index contributed by atoms with van der Waals surface area (Å²) in [7, 11) is 0. The van der Waals surface area contributed by atoms with Crippen molar-refractivity contribution in [3.05, 3.63) is 29.0 Å². The molecule has 8 heteroatoms. The summed E-state index contributed by atoms with van der Waals surface area (Å²) in [4.78, 5) is 24.8. The Morgan fingerprint density at radius 3 is 2.55 bits per heavy atom. The van der Waals surface area contributed by atoms with Crippen LogP contribution in [0.15, 0.2) is 18.2 Å². The standard InChI is InChI=1S/C21H26ClFN2O4/c1-11-6-19(29-9-11)21(27)25-18-8-17(13-3-4-14(13)18)24-20(26)10-28-12-2-5-15(22)16(23)7-12/h2,5,7,11,13-14,17-19H,3-4,6,8-10H2,1H3,(H,24,26)(H,25,27)/t11?,13?,14?,17-,18?,19?/m0/s1. The fraction of sp³-hybridized carbons (Fsp3) is 0.619. The lowest BCUT2D eigenvalue weighted by atomic mass is 9.73. The fourth-order valence-electron chi connectivity index (χ4n) is 4.71. The molecule has 1 aromatic carbocycles. The molecule has 1 aromatic rings. The number of carbonyl (C=O) groups is 2. The molecule has 1 heterocycles. The molecule has 6 atom stereocenters. The summed E-state index contributed by atoms with van der Waals surface area (Å²) in [6, 6.07) is 4.15. The molecule has 2 aliphatic carbocycles. The molecule has 0 spiro atoms. The molecule has 4 rings (SSSR count). The molecule has 1 saturated heterocycles. The van der Waals surface area contributed by atoms with Crippen LogP contribution >= 0.6 is 11.6 Å². The Morgan fingerprint density at radius 2 is 1.93 bits per heavy atom. The van der Waals surface area contributed by atoms with Crippen LogP contribution in [0.2, 0.25) is 5.02 Å². The number of nitrogens with one attached hydrogen (secondary N) is 2. The van der Waals surface area contributed by atoms with Crippen molar-refractivity contribution in [2.24, 2.45) is 17.8 Å². The SMILES string of the molecule is CC1COC(C(=O)NC2C[C@H](NC(=O)COc3ccc(Cl)c(F)c3)C3CCC23)C1. The zero-order chi connectivity index (χ0) is 20.5. The third kappa shape index (κ3) is 4.51. The van der Waals surface area contributed by atoms with Crippen LogP contribution in [0.3, 0.4) is 0 Å². The molecular weight excluding hydrogens is 399 g/mol. The van der Waals surface area contributed by atoms with Crippen LogP contribution in [-0.2, 0) is 14.3 Å². The molecule has 3 aliphatic rings. The van der Waals surface area contributed by atoms with Gasteiger partial charge in [-0.25, -0.2) is 4.39 Å². The average molecular weight is 425 g/mol. The first kappa shape index (κ1) is 20.4. The number of hydrogen-bond acceptors (Lipinski definition) is 4. The lowest BCUT2D eigenvalue weighted by Crippen LogP contribution is -2.46. The molecule has 2 saturated carbocycles. The molecule has 0 bridgehead atoms. The summed E-state index contributed by atoms with van der Waals surface area (Å²) in [5.74, 6) is 0.561. The Balaban J connectivity index is 1.26. The van der Waals surface area contributed by atoms with Crippen molar-refractivity contribution < 1.29 is 23.5 Å². The molecule has 0 radical (unpaired) electrons. The van der Waals surface area contributed by atoms with Gasteiger partial charge in [-0.1, -0.05) is 18.5 Å². The van der Waals surface area contributed by atoms with E-state index in [1.165, 1.54) is 12.1 Å². The molecule has 158 valence electrons. The highest BCUT2D eigenvalue weighted by Gasteiger charge is 2.50. The van der Waals surface area contributed by atoms with Gasteiger partial charge < -0.3 is 20.1 Å². The maximum atomic E-state index is 13.5. The third-order valence-corrected chi connectivity index (χ3v) is 6.66. The molecule has 1 aliphatic heterocycles. The van der Waals surface area contributed by atoms with Crippen molar-refractivity contribution in [1.82, 2.24) is 10.6 Å². The van der Waals surface area contributed by atoms with Gasteiger partial charge in [-0.05, 0) is 55.6 Å². The van der Waals surface area contributed by atoms with Gasteiger partial charge in [0.1, 0.15) is 17.7 Å². The van der Waals surface area contributed by atoms with Crippen LogP contribution in [0.1, 0.15) is 32.6 Å². The van der Waals surface area contributed by atoms with Gasteiger partial charge in [0.15, 0.2) is 6.61 Å². The maximum absolute atomic E-state index is 13.5. The van der Waals surface area contributed by atoms with Crippen molar-refractivity contribution in [2.45, 2.75) is 50.8 Å². The molecule has 6 nitrogen and oxygen atoms in total. The minimum atomic E-state index is -0.586. The third-order valence-electron chi connectivity index (χ3n) is 6.35. The van der Waals surface area contributed by atoms with Crippen LogP contribution in [-0.4, -0.2) is 43.2 Å². The summed E-state index contributed by atoms with van der Waals surface area (Å²) in [6.07, 6.45) is 3.22. The van der Waals surface area contributed by atoms with Crippen molar-refractivity contribution in [1.29, 1.82) is 0 Å². The number of ether oxygens (including phenoxy) is 2. The molecule has 5 unspecified atom stereocenters. The van der Waals surface area contributed by atoms with Crippen molar-refractivity contribution in [3.8, 4) is 5.75 Å². The highest BCUT2D eigenvalue weighted by atomic mass is 35.5. The topological polar surface area (TPSA) is 76.7 Å². The highest BCUT2D eigenvalue weighted by Crippen LogP contribution is 2.47. The summed E-state index contributed by atoms with van der Waals surface area (Å²) < 4.78 is 24.4. The van der Waals surface area contributed by atoms with Gasteiger partial charge in [-0.2, -0.15) is 0 Å². The highest BCUT2D eigenvalue weighted by molar-refractivity contribution is 6.30. The molecule has 29 heavy (non-hydrogen) atoms. The normalized spacial score (nSPS) is 32.9. The van der Waals surface area contributed by atoms with Crippen LogP contribution in [0.4, 0.5) is 4.39 Å². The number of halogens is 2. The minimum absolute atomic E-state index is 0.00864. The van der Waals surface area contributed by atoms with Gasteiger partial charge in [-0.3, -0.25) is 9.59 Å². The van der Waals surface area contributed by atoms with E-state index >= 15 is 0 Å². The van der Waals surface area contributed by atoms with Gasteiger partial charge in [0.2, 0.25) is 5.91 Å². The van der Waals surface area contributed by atoms with E-state index in [-0.39, 0.29) is 47.4 Å². The van der Waals surface area contributed by atoms with E-state index in [9.17, 15) is 14.0 Å². The van der Waals surface area contributed by atoms with Crippen LogP contribution < -0.4 is 15.4 Å². The largest absolute Gasteiger partial charge is 0.484 e. The molecule has 0 aromatic heterocycles. The number of hydrogen-bond donors (Lipinski definition) is 2. The Kier molecular flexibility index (Phi) is 5.97. The number of fused-ring (bicyclic) bond motifs is 1. The van der Waals surface area contributed by atoms with E-state index in [0.29, 0.717) is 30.8 Å². The number of carbonyl (C=O) groups excluding carboxylic acids is 2. The van der Waals surface area contributed by atoms with E-state index in [1.807, 2.05) is 0 Å². The first-order valence-corrected chi connectivity index (χ1v) is 10.6. The molecule has 3 fully saturated rings. The van der Waals surface area contributed by atoms with Crippen molar-refractivity contribution >= 4 is 23.4 Å². The van der Waals surface area contributed by atoms with E-state index in [4.69, 9.17) is 21.1 Å². The zero-order valence-corrected chi connectivity index (χ0v) is 17.1. The first-order valence-electron chi connectivity index (χ1n) is 10.2. The molecule has 2 amide bonds. The lowest BCUT2D eigenvalue weighted by molar-refractivity contribution is -0.131. The average Bonchev–Trinajstić information content (AvgIpc) is 3.16. The van der Waals surface area contributed by atoms with Crippen molar-refractivity contribution in [3.63, 3.8) is 0 Å². The van der Waals surface area contributed by atoms with Gasteiger partial charge in [-0.15, -0.1) is 0 Å².